The minimum Gasteiger partial charge on any atom is -0.294 e. The maximum absolute atomic E-state index is 11.8. The number of hydrogen-bond acceptors (Lipinski definition) is 3. The lowest BCUT2D eigenvalue weighted by molar-refractivity contribution is 0.0855. The van der Waals surface area contributed by atoms with Crippen LogP contribution in [0.15, 0.2) is 6.07 Å². The smallest absolute Gasteiger partial charge is 0.169 e. The Hall–Kier alpha value is -0.670. The van der Waals surface area contributed by atoms with Gasteiger partial charge in [0.05, 0.1) is 5.56 Å². The maximum Gasteiger partial charge on any atom is 0.169 e. The Morgan fingerprint density at radius 2 is 2.07 bits per heavy atom. The summed E-state index contributed by atoms with van der Waals surface area (Å²) in [6, 6.07) is 1.48. The van der Waals surface area contributed by atoms with Gasteiger partial charge in [-0.2, -0.15) is 0 Å². The molecule has 1 aliphatic rings. The molecule has 0 aromatic carbocycles. The van der Waals surface area contributed by atoms with Crippen LogP contribution in [0, 0.1) is 5.92 Å². The summed E-state index contributed by atoms with van der Waals surface area (Å²) in [6.45, 7) is 0. The summed E-state index contributed by atoms with van der Waals surface area (Å²) in [5, 5.41) is 7.51. The van der Waals surface area contributed by atoms with Crippen molar-refractivity contribution in [3.8, 4) is 0 Å². The molecule has 0 radical (unpaired) electrons. The normalized spacial score (nSPS) is 16.4. The zero-order chi connectivity index (χ0) is 10.1. The van der Waals surface area contributed by atoms with Crippen LogP contribution in [-0.4, -0.2) is 16.0 Å². The number of carbonyl (C=O) groups excluding carboxylic acids is 1. The van der Waals surface area contributed by atoms with Crippen LogP contribution in [-0.2, 0) is 0 Å². The van der Waals surface area contributed by atoms with Crippen LogP contribution in [0.2, 0.25) is 10.3 Å². The first kappa shape index (κ1) is 9.87. The summed E-state index contributed by atoms with van der Waals surface area (Å²) in [4.78, 5) is 11.8. The quantitative estimate of drug-likeness (QED) is 0.735. The standard InChI is InChI=1S/C9H8Cl2N2O/c10-7-4-6(9(11)13-12-7)8(14)5-2-1-3-5/h4-5H,1-3H2. The van der Waals surface area contributed by atoms with Gasteiger partial charge in [0.25, 0.3) is 0 Å². The molecular weight excluding hydrogens is 223 g/mol. The van der Waals surface area contributed by atoms with E-state index in [0.717, 1.165) is 19.3 Å². The summed E-state index contributed by atoms with van der Waals surface area (Å²) >= 11 is 11.4. The van der Waals surface area contributed by atoms with Gasteiger partial charge in [-0.3, -0.25) is 4.79 Å². The minimum absolute atomic E-state index is 0.0399. The van der Waals surface area contributed by atoms with Gasteiger partial charge in [0, 0.05) is 5.92 Å². The number of hydrogen-bond donors (Lipinski definition) is 0. The van der Waals surface area contributed by atoms with Gasteiger partial charge in [-0.15, -0.1) is 10.2 Å². The highest BCUT2D eigenvalue weighted by Gasteiger charge is 2.28. The average Bonchev–Trinajstić information content (AvgIpc) is 2.06. The van der Waals surface area contributed by atoms with Crippen molar-refractivity contribution in [2.75, 3.05) is 0 Å². The van der Waals surface area contributed by atoms with E-state index in [1.807, 2.05) is 0 Å². The molecule has 1 aromatic rings. The molecule has 0 amide bonds. The molecule has 0 bridgehead atoms. The van der Waals surface area contributed by atoms with Crippen LogP contribution in [0.5, 0.6) is 0 Å². The summed E-state index contributed by atoms with van der Waals surface area (Å²) in [6.07, 6.45) is 2.99. The highest BCUT2D eigenvalue weighted by Crippen LogP contribution is 2.31. The molecule has 1 saturated carbocycles. The van der Waals surface area contributed by atoms with Gasteiger partial charge in [0.15, 0.2) is 16.1 Å². The molecule has 74 valence electrons. The number of carbonyl (C=O) groups is 1. The van der Waals surface area contributed by atoms with Crippen LogP contribution in [0.3, 0.4) is 0 Å². The van der Waals surface area contributed by atoms with Crippen molar-refractivity contribution in [3.63, 3.8) is 0 Å². The van der Waals surface area contributed by atoms with Gasteiger partial charge in [-0.25, -0.2) is 0 Å². The molecule has 2 rings (SSSR count). The Balaban J connectivity index is 2.29. The maximum atomic E-state index is 11.8. The second-order valence-corrected chi connectivity index (χ2v) is 4.11. The topological polar surface area (TPSA) is 42.9 Å². The van der Waals surface area contributed by atoms with E-state index in [2.05, 4.69) is 10.2 Å². The lowest BCUT2D eigenvalue weighted by Gasteiger charge is -2.23. The second kappa shape index (κ2) is 3.83. The summed E-state index contributed by atoms with van der Waals surface area (Å²) in [5.41, 5.74) is 0.399. The number of Topliss-reactive ketones (excluding diaryl/α,β-unsaturated/α-hetero) is 1. The Labute approximate surface area is 91.4 Å². The third-order valence-corrected chi connectivity index (χ3v) is 2.92. The number of ketones is 1. The summed E-state index contributed by atoms with van der Waals surface area (Å²) < 4.78 is 0. The van der Waals surface area contributed by atoms with Crippen molar-refractivity contribution in [3.05, 3.63) is 21.9 Å². The number of aromatic nitrogens is 2. The van der Waals surface area contributed by atoms with Crippen LogP contribution in [0.1, 0.15) is 29.6 Å². The minimum atomic E-state index is 0.0399. The lowest BCUT2D eigenvalue weighted by atomic mass is 9.80. The summed E-state index contributed by atoms with van der Waals surface area (Å²) in [5.74, 6) is 0.144. The third kappa shape index (κ3) is 1.74. The van der Waals surface area contributed by atoms with Gasteiger partial charge in [0.1, 0.15) is 0 Å². The zero-order valence-electron chi connectivity index (χ0n) is 7.33. The zero-order valence-corrected chi connectivity index (χ0v) is 8.85. The first-order valence-corrected chi connectivity index (χ1v) is 5.17. The first-order valence-electron chi connectivity index (χ1n) is 4.41. The highest BCUT2D eigenvalue weighted by atomic mass is 35.5. The number of nitrogens with zero attached hydrogens (tertiary/aromatic N) is 2. The molecule has 1 aromatic heterocycles. The Morgan fingerprint density at radius 1 is 1.36 bits per heavy atom. The molecule has 0 aliphatic heterocycles. The van der Waals surface area contributed by atoms with Crippen molar-refractivity contribution in [1.29, 1.82) is 0 Å². The van der Waals surface area contributed by atoms with Gasteiger partial charge < -0.3 is 0 Å². The van der Waals surface area contributed by atoms with Crippen LogP contribution in [0.4, 0.5) is 0 Å². The van der Waals surface area contributed by atoms with E-state index in [1.165, 1.54) is 6.07 Å². The van der Waals surface area contributed by atoms with Crippen LogP contribution in [0.25, 0.3) is 0 Å². The average molecular weight is 231 g/mol. The van der Waals surface area contributed by atoms with E-state index in [0.29, 0.717) is 5.56 Å². The molecule has 1 fully saturated rings. The first-order chi connectivity index (χ1) is 6.68. The SMILES string of the molecule is O=C(c1cc(Cl)nnc1Cl)C1CCC1. The van der Waals surface area contributed by atoms with Gasteiger partial charge in [0.2, 0.25) is 0 Å². The molecule has 1 aliphatic carbocycles. The van der Waals surface area contributed by atoms with Gasteiger partial charge >= 0.3 is 0 Å². The van der Waals surface area contributed by atoms with Crippen molar-refractivity contribution in [2.45, 2.75) is 19.3 Å². The Kier molecular flexibility index (Phi) is 2.70. The molecule has 0 unspecified atom stereocenters. The Bertz CT molecular complexity index is 377. The molecule has 5 heteroatoms. The molecule has 0 N–H and O–H groups in total. The molecule has 0 saturated heterocycles. The van der Waals surface area contributed by atoms with Crippen molar-refractivity contribution >= 4 is 29.0 Å². The summed E-state index contributed by atoms with van der Waals surface area (Å²) in [7, 11) is 0. The van der Waals surface area contributed by atoms with E-state index >= 15 is 0 Å². The largest absolute Gasteiger partial charge is 0.294 e. The van der Waals surface area contributed by atoms with E-state index in [4.69, 9.17) is 23.2 Å². The van der Waals surface area contributed by atoms with Crippen LogP contribution >= 0.6 is 23.2 Å². The van der Waals surface area contributed by atoms with E-state index in [1.54, 1.807) is 0 Å². The fraction of sp³-hybridized carbons (Fsp3) is 0.444. The molecular formula is C9H8Cl2N2O. The van der Waals surface area contributed by atoms with E-state index < -0.39 is 0 Å². The van der Waals surface area contributed by atoms with Crippen molar-refractivity contribution < 1.29 is 4.79 Å². The van der Waals surface area contributed by atoms with E-state index in [-0.39, 0.29) is 22.0 Å². The predicted octanol–water partition coefficient (Wildman–Crippen LogP) is 2.77. The molecule has 3 nitrogen and oxygen atoms in total. The Morgan fingerprint density at radius 3 is 2.64 bits per heavy atom. The second-order valence-electron chi connectivity index (χ2n) is 3.36. The molecule has 14 heavy (non-hydrogen) atoms. The fourth-order valence-electron chi connectivity index (χ4n) is 1.42. The molecule has 1 heterocycles. The third-order valence-electron chi connectivity index (χ3n) is 2.46. The fourth-order valence-corrected chi connectivity index (χ4v) is 1.75. The van der Waals surface area contributed by atoms with Crippen molar-refractivity contribution in [2.24, 2.45) is 5.92 Å². The van der Waals surface area contributed by atoms with Gasteiger partial charge in [-0.05, 0) is 18.9 Å². The lowest BCUT2D eigenvalue weighted by Crippen LogP contribution is -2.22. The van der Waals surface area contributed by atoms with E-state index in [9.17, 15) is 4.79 Å². The van der Waals surface area contributed by atoms with Gasteiger partial charge in [-0.1, -0.05) is 29.6 Å². The number of rotatable bonds is 2. The molecule has 0 atom stereocenters. The highest BCUT2D eigenvalue weighted by molar-refractivity contribution is 6.34. The monoisotopic (exact) mass is 230 g/mol. The van der Waals surface area contributed by atoms with Crippen LogP contribution < -0.4 is 0 Å². The molecule has 0 spiro atoms. The predicted molar refractivity (Wildman–Crippen MR) is 53.7 cm³/mol. The van der Waals surface area contributed by atoms with Crippen molar-refractivity contribution in [1.82, 2.24) is 10.2 Å². The number of halogens is 2.